The highest BCUT2D eigenvalue weighted by Crippen LogP contribution is 2.33. The van der Waals surface area contributed by atoms with Gasteiger partial charge in [-0.25, -0.2) is 4.68 Å². The van der Waals surface area contributed by atoms with E-state index < -0.39 is 0 Å². The van der Waals surface area contributed by atoms with E-state index >= 15 is 0 Å². The van der Waals surface area contributed by atoms with Crippen LogP contribution in [0.15, 0.2) is 59.4 Å². The molecule has 1 amide bonds. The molecule has 1 aliphatic rings. The highest BCUT2D eigenvalue weighted by Gasteiger charge is 2.30. The Hall–Kier alpha value is -2.99. The molecule has 2 aromatic carbocycles. The Morgan fingerprint density at radius 3 is 2.46 bits per heavy atom. The van der Waals surface area contributed by atoms with E-state index in [2.05, 4.69) is 27.4 Å². The molecule has 1 saturated heterocycles. The van der Waals surface area contributed by atoms with Gasteiger partial charge in [0.25, 0.3) is 11.5 Å². The average Bonchev–Trinajstić information content (AvgIpc) is 2.67. The van der Waals surface area contributed by atoms with E-state index in [0.717, 1.165) is 13.0 Å². The average molecular weight is 348 g/mol. The van der Waals surface area contributed by atoms with Gasteiger partial charge in [-0.3, -0.25) is 14.5 Å². The fourth-order valence-corrected chi connectivity index (χ4v) is 3.45. The fraction of sp³-hybridized carbons (Fsp3) is 0.250. The van der Waals surface area contributed by atoms with Gasteiger partial charge in [0.2, 0.25) is 0 Å². The van der Waals surface area contributed by atoms with E-state index in [1.165, 1.54) is 10.2 Å². The molecular weight excluding hydrogens is 328 g/mol. The lowest BCUT2D eigenvalue weighted by Crippen LogP contribution is -2.45. The number of hydrogen-bond acceptors (Lipinski definition) is 4. The molecule has 26 heavy (non-hydrogen) atoms. The van der Waals surface area contributed by atoms with Crippen molar-refractivity contribution in [1.82, 2.24) is 20.0 Å². The predicted molar refractivity (Wildman–Crippen MR) is 99.9 cm³/mol. The SMILES string of the molecule is CNC(=O)c1nn(CN2CC[C@H]2c2ccccc2)c(=O)c2ccccc12. The fourth-order valence-electron chi connectivity index (χ4n) is 3.45. The highest BCUT2D eigenvalue weighted by atomic mass is 16.2. The van der Waals surface area contributed by atoms with Crippen LogP contribution in [0.3, 0.4) is 0 Å². The summed E-state index contributed by atoms with van der Waals surface area (Å²) in [5, 5.41) is 8.07. The minimum Gasteiger partial charge on any atom is -0.354 e. The van der Waals surface area contributed by atoms with Crippen molar-refractivity contribution in [3.8, 4) is 0 Å². The van der Waals surface area contributed by atoms with Crippen molar-refractivity contribution in [1.29, 1.82) is 0 Å². The summed E-state index contributed by atoms with van der Waals surface area (Å²) in [4.78, 5) is 27.3. The van der Waals surface area contributed by atoms with Gasteiger partial charge in [0.05, 0.1) is 12.1 Å². The van der Waals surface area contributed by atoms with Crippen molar-refractivity contribution >= 4 is 16.7 Å². The Morgan fingerprint density at radius 1 is 1.12 bits per heavy atom. The topological polar surface area (TPSA) is 67.2 Å². The Labute approximate surface area is 151 Å². The van der Waals surface area contributed by atoms with Crippen molar-refractivity contribution in [3.63, 3.8) is 0 Å². The molecule has 4 rings (SSSR count). The van der Waals surface area contributed by atoms with E-state index in [1.54, 1.807) is 31.3 Å². The summed E-state index contributed by atoms with van der Waals surface area (Å²) in [6.45, 7) is 1.27. The molecule has 6 heteroatoms. The van der Waals surface area contributed by atoms with E-state index in [-0.39, 0.29) is 23.2 Å². The van der Waals surface area contributed by atoms with Gasteiger partial charge < -0.3 is 5.32 Å². The molecule has 132 valence electrons. The molecule has 0 bridgehead atoms. The number of carbonyl (C=O) groups is 1. The largest absolute Gasteiger partial charge is 0.354 e. The summed E-state index contributed by atoms with van der Waals surface area (Å²) >= 11 is 0. The number of amides is 1. The van der Waals surface area contributed by atoms with Gasteiger partial charge in [-0.2, -0.15) is 5.10 Å². The molecule has 0 unspecified atom stereocenters. The maximum atomic E-state index is 12.9. The van der Waals surface area contributed by atoms with Crippen LogP contribution in [0, 0.1) is 0 Å². The maximum Gasteiger partial charge on any atom is 0.275 e. The second-order valence-corrected chi connectivity index (χ2v) is 6.45. The molecule has 6 nitrogen and oxygen atoms in total. The van der Waals surface area contributed by atoms with Crippen molar-refractivity contribution in [2.24, 2.45) is 0 Å². The van der Waals surface area contributed by atoms with E-state index in [4.69, 9.17) is 0 Å². The Balaban J connectivity index is 1.72. The van der Waals surface area contributed by atoms with Gasteiger partial charge in [-0.1, -0.05) is 48.5 Å². The van der Waals surface area contributed by atoms with Crippen LogP contribution in [-0.4, -0.2) is 34.2 Å². The van der Waals surface area contributed by atoms with Crippen LogP contribution >= 0.6 is 0 Å². The molecule has 0 spiro atoms. The summed E-state index contributed by atoms with van der Waals surface area (Å²) in [5.74, 6) is -0.293. The minimum absolute atomic E-state index is 0.174. The molecule has 1 fully saturated rings. The Bertz CT molecular complexity index is 1010. The van der Waals surface area contributed by atoms with Crippen molar-refractivity contribution in [3.05, 3.63) is 76.2 Å². The van der Waals surface area contributed by atoms with Crippen molar-refractivity contribution < 1.29 is 4.79 Å². The number of likely N-dealkylation sites (tertiary alicyclic amines) is 1. The van der Waals surface area contributed by atoms with Crippen LogP contribution in [0.4, 0.5) is 0 Å². The summed E-state index contributed by atoms with van der Waals surface area (Å²) < 4.78 is 1.40. The Morgan fingerprint density at radius 2 is 1.81 bits per heavy atom. The predicted octanol–water partition coefficient (Wildman–Crippen LogP) is 2.16. The van der Waals surface area contributed by atoms with Gasteiger partial charge in [0.15, 0.2) is 5.69 Å². The molecule has 0 saturated carbocycles. The van der Waals surface area contributed by atoms with E-state index in [0.29, 0.717) is 17.4 Å². The first-order valence-electron chi connectivity index (χ1n) is 8.70. The second-order valence-electron chi connectivity index (χ2n) is 6.45. The number of benzene rings is 2. The number of nitrogens with zero attached hydrogens (tertiary/aromatic N) is 3. The van der Waals surface area contributed by atoms with Crippen LogP contribution in [0.5, 0.6) is 0 Å². The third-order valence-corrected chi connectivity index (χ3v) is 4.94. The highest BCUT2D eigenvalue weighted by molar-refractivity contribution is 6.04. The van der Waals surface area contributed by atoms with Crippen molar-refractivity contribution in [2.75, 3.05) is 13.6 Å². The minimum atomic E-state index is -0.293. The molecule has 0 radical (unpaired) electrons. The van der Waals surface area contributed by atoms with Gasteiger partial charge in [-0.15, -0.1) is 0 Å². The van der Waals surface area contributed by atoms with Crippen LogP contribution in [0.25, 0.3) is 10.8 Å². The van der Waals surface area contributed by atoms with E-state index in [1.807, 2.05) is 18.2 Å². The normalized spacial score (nSPS) is 17.0. The standard InChI is InChI=1S/C20H20N4O2/c1-21-19(25)18-15-9-5-6-10-16(15)20(26)24(22-18)13-23-12-11-17(23)14-7-3-2-4-8-14/h2-10,17H,11-13H2,1H3,(H,21,25)/t17-/m0/s1. The van der Waals surface area contributed by atoms with Crippen LogP contribution in [0.1, 0.15) is 28.5 Å². The number of nitrogens with one attached hydrogen (secondary N) is 1. The number of rotatable bonds is 4. The quantitative estimate of drug-likeness (QED) is 0.785. The zero-order valence-electron chi connectivity index (χ0n) is 14.6. The summed E-state index contributed by atoms with van der Waals surface area (Å²) in [7, 11) is 1.56. The van der Waals surface area contributed by atoms with Gasteiger partial charge in [0, 0.05) is 25.0 Å². The molecule has 2 heterocycles. The summed E-state index contributed by atoms with van der Waals surface area (Å²) in [6.07, 6.45) is 1.05. The maximum absolute atomic E-state index is 12.9. The van der Waals surface area contributed by atoms with Crippen LogP contribution in [-0.2, 0) is 6.67 Å². The third-order valence-electron chi connectivity index (χ3n) is 4.94. The zero-order valence-corrected chi connectivity index (χ0v) is 14.6. The number of fused-ring (bicyclic) bond motifs is 1. The molecule has 3 aromatic rings. The Kier molecular flexibility index (Phi) is 4.26. The van der Waals surface area contributed by atoms with Crippen molar-refractivity contribution in [2.45, 2.75) is 19.1 Å². The number of hydrogen-bond donors (Lipinski definition) is 1. The first-order valence-corrected chi connectivity index (χ1v) is 8.70. The lowest BCUT2D eigenvalue weighted by molar-refractivity contribution is 0.0476. The number of carbonyl (C=O) groups excluding carboxylic acids is 1. The summed E-state index contributed by atoms with van der Waals surface area (Å²) in [6, 6.07) is 17.6. The molecule has 0 aliphatic carbocycles. The molecule has 1 N–H and O–H groups in total. The van der Waals surface area contributed by atoms with Gasteiger partial charge in [0.1, 0.15) is 0 Å². The van der Waals surface area contributed by atoms with E-state index in [9.17, 15) is 9.59 Å². The van der Waals surface area contributed by atoms with Gasteiger partial charge >= 0.3 is 0 Å². The van der Waals surface area contributed by atoms with Crippen LogP contribution in [0.2, 0.25) is 0 Å². The second kappa shape index (κ2) is 6.72. The van der Waals surface area contributed by atoms with Crippen LogP contribution < -0.4 is 10.9 Å². The lowest BCUT2D eigenvalue weighted by Gasteiger charge is -2.41. The third kappa shape index (κ3) is 2.78. The first-order chi connectivity index (χ1) is 12.7. The molecule has 1 aromatic heterocycles. The lowest BCUT2D eigenvalue weighted by atomic mass is 9.95. The first kappa shape index (κ1) is 16.5. The molecular formula is C20H20N4O2. The molecule has 1 atom stereocenters. The smallest absolute Gasteiger partial charge is 0.275 e. The molecule has 1 aliphatic heterocycles. The van der Waals surface area contributed by atoms with Gasteiger partial charge in [-0.05, 0) is 18.1 Å². The zero-order chi connectivity index (χ0) is 18.1. The monoisotopic (exact) mass is 348 g/mol. The summed E-state index contributed by atoms with van der Waals surface area (Å²) in [5.41, 5.74) is 1.34. The number of aromatic nitrogens is 2.